The summed E-state index contributed by atoms with van der Waals surface area (Å²) in [6.07, 6.45) is 5.83. The Kier molecular flexibility index (Phi) is 6.27. The van der Waals surface area contributed by atoms with Crippen molar-refractivity contribution in [2.75, 3.05) is 26.2 Å². The molecule has 2 heterocycles. The summed E-state index contributed by atoms with van der Waals surface area (Å²) >= 11 is 1.53. The average Bonchev–Trinajstić information content (AvgIpc) is 3.45. The number of ether oxygens (including phenoxy) is 1. The molecule has 2 aliphatic rings. The molecule has 4 rings (SSSR count). The number of likely N-dealkylation sites (tertiary alicyclic amines) is 1. The normalized spacial score (nSPS) is 17.7. The number of aromatic nitrogens is 1. The Morgan fingerprint density at radius 2 is 1.96 bits per heavy atom. The summed E-state index contributed by atoms with van der Waals surface area (Å²) in [6.45, 7) is 5.60. The van der Waals surface area contributed by atoms with Crippen LogP contribution in [0.5, 0.6) is 5.75 Å². The van der Waals surface area contributed by atoms with E-state index in [0.717, 1.165) is 67.7 Å². The number of hydrogen-bond donors (Lipinski definition) is 1. The zero-order valence-electron chi connectivity index (χ0n) is 16.5. The predicted octanol–water partition coefficient (Wildman–Crippen LogP) is 4.20. The molecule has 2 fully saturated rings. The van der Waals surface area contributed by atoms with Gasteiger partial charge in [0.05, 0.1) is 6.61 Å². The van der Waals surface area contributed by atoms with Gasteiger partial charge in [0, 0.05) is 30.1 Å². The third-order valence-corrected chi connectivity index (χ3v) is 6.36. The standard InChI is InChI=1S/C22H29N3O2S/c1-2-13-27-19-7-5-17(6-8-19)21-24-20(15-28-21)22(26)25-11-9-18(10-12-25)23-14-16-3-4-16/h5-8,15-16,18,23H,2-4,9-14H2,1H3. The second kappa shape index (κ2) is 9.05. The van der Waals surface area contributed by atoms with Crippen molar-refractivity contribution in [3.63, 3.8) is 0 Å². The van der Waals surface area contributed by atoms with Crippen LogP contribution in [0.2, 0.25) is 0 Å². The largest absolute Gasteiger partial charge is 0.494 e. The van der Waals surface area contributed by atoms with E-state index >= 15 is 0 Å². The summed E-state index contributed by atoms with van der Waals surface area (Å²) < 4.78 is 5.63. The minimum absolute atomic E-state index is 0.0612. The van der Waals surface area contributed by atoms with Gasteiger partial charge in [-0.2, -0.15) is 0 Å². The first-order valence-electron chi connectivity index (χ1n) is 10.4. The molecule has 1 saturated carbocycles. The molecule has 1 aliphatic carbocycles. The number of carbonyl (C=O) groups excluding carboxylic acids is 1. The molecule has 0 atom stereocenters. The number of nitrogens with one attached hydrogen (secondary N) is 1. The van der Waals surface area contributed by atoms with Crippen LogP contribution in [0.1, 0.15) is 49.5 Å². The highest BCUT2D eigenvalue weighted by molar-refractivity contribution is 7.13. The fourth-order valence-corrected chi connectivity index (χ4v) is 4.32. The third-order valence-electron chi connectivity index (χ3n) is 5.47. The highest BCUT2D eigenvalue weighted by Crippen LogP contribution is 2.29. The average molecular weight is 400 g/mol. The minimum Gasteiger partial charge on any atom is -0.494 e. The Balaban J connectivity index is 1.31. The lowest BCUT2D eigenvalue weighted by atomic mass is 10.0. The number of hydrogen-bond acceptors (Lipinski definition) is 5. The molecule has 0 bridgehead atoms. The van der Waals surface area contributed by atoms with Gasteiger partial charge in [-0.15, -0.1) is 11.3 Å². The monoisotopic (exact) mass is 399 g/mol. The Hall–Kier alpha value is -1.92. The number of amides is 1. The van der Waals surface area contributed by atoms with E-state index in [1.165, 1.54) is 24.2 Å². The first kappa shape index (κ1) is 19.4. The van der Waals surface area contributed by atoms with Crippen LogP contribution in [-0.2, 0) is 0 Å². The van der Waals surface area contributed by atoms with Gasteiger partial charge in [0.2, 0.25) is 0 Å². The van der Waals surface area contributed by atoms with Gasteiger partial charge >= 0.3 is 0 Å². The first-order chi connectivity index (χ1) is 13.7. The molecule has 5 nitrogen and oxygen atoms in total. The van der Waals surface area contributed by atoms with Crippen molar-refractivity contribution in [2.24, 2.45) is 5.92 Å². The van der Waals surface area contributed by atoms with E-state index in [-0.39, 0.29) is 5.91 Å². The van der Waals surface area contributed by atoms with E-state index in [4.69, 9.17) is 4.74 Å². The molecule has 28 heavy (non-hydrogen) atoms. The van der Waals surface area contributed by atoms with Crippen LogP contribution in [0.4, 0.5) is 0 Å². The predicted molar refractivity (Wildman–Crippen MR) is 113 cm³/mol. The second-order valence-electron chi connectivity index (χ2n) is 7.83. The zero-order valence-corrected chi connectivity index (χ0v) is 17.3. The van der Waals surface area contributed by atoms with Gasteiger partial charge in [0.25, 0.3) is 5.91 Å². The third kappa shape index (κ3) is 4.92. The minimum atomic E-state index is 0.0612. The molecule has 0 spiro atoms. The van der Waals surface area contributed by atoms with Crippen LogP contribution in [0.25, 0.3) is 10.6 Å². The Morgan fingerprint density at radius 1 is 1.21 bits per heavy atom. The first-order valence-corrected chi connectivity index (χ1v) is 11.3. The molecule has 1 saturated heterocycles. The molecule has 1 aromatic carbocycles. The summed E-state index contributed by atoms with van der Waals surface area (Å²) in [5.41, 5.74) is 1.59. The number of thiazole rings is 1. The molecule has 1 N–H and O–H groups in total. The highest BCUT2D eigenvalue weighted by atomic mass is 32.1. The molecule has 2 aromatic rings. The molecular weight excluding hydrogens is 370 g/mol. The number of rotatable bonds is 8. The van der Waals surface area contributed by atoms with Gasteiger partial charge < -0.3 is 15.0 Å². The fourth-order valence-electron chi connectivity index (χ4n) is 3.52. The number of benzene rings is 1. The smallest absolute Gasteiger partial charge is 0.273 e. The quantitative estimate of drug-likeness (QED) is 0.723. The van der Waals surface area contributed by atoms with Gasteiger partial charge in [-0.05, 0) is 68.8 Å². The van der Waals surface area contributed by atoms with Crippen LogP contribution in [0, 0.1) is 5.92 Å². The molecule has 1 aromatic heterocycles. The lowest BCUT2D eigenvalue weighted by Gasteiger charge is -2.32. The van der Waals surface area contributed by atoms with Crippen LogP contribution in [0.15, 0.2) is 29.6 Å². The van der Waals surface area contributed by atoms with Crippen LogP contribution < -0.4 is 10.1 Å². The maximum absolute atomic E-state index is 12.8. The molecule has 150 valence electrons. The molecule has 0 unspecified atom stereocenters. The van der Waals surface area contributed by atoms with E-state index in [1.54, 1.807) is 0 Å². The molecular formula is C22H29N3O2S. The second-order valence-corrected chi connectivity index (χ2v) is 8.69. The SMILES string of the molecule is CCCOc1ccc(-c2nc(C(=O)N3CCC(NCC4CC4)CC3)cs2)cc1. The summed E-state index contributed by atoms with van der Waals surface area (Å²) in [6, 6.07) is 8.51. The molecule has 1 amide bonds. The summed E-state index contributed by atoms with van der Waals surface area (Å²) in [5, 5.41) is 6.43. The lowest BCUT2D eigenvalue weighted by molar-refractivity contribution is 0.0700. The summed E-state index contributed by atoms with van der Waals surface area (Å²) in [5.74, 6) is 1.84. The van der Waals surface area contributed by atoms with Crippen molar-refractivity contribution < 1.29 is 9.53 Å². The maximum Gasteiger partial charge on any atom is 0.273 e. The zero-order chi connectivity index (χ0) is 19.3. The van der Waals surface area contributed by atoms with Crippen molar-refractivity contribution in [3.8, 4) is 16.3 Å². The highest BCUT2D eigenvalue weighted by Gasteiger charge is 2.27. The molecule has 1 aliphatic heterocycles. The van der Waals surface area contributed by atoms with Crippen molar-refractivity contribution in [2.45, 2.75) is 45.1 Å². The number of carbonyl (C=O) groups is 1. The van der Waals surface area contributed by atoms with Crippen molar-refractivity contribution >= 4 is 17.2 Å². The van der Waals surface area contributed by atoms with E-state index in [2.05, 4.69) is 17.2 Å². The Bertz CT molecular complexity index is 777. The molecule has 6 heteroatoms. The van der Waals surface area contributed by atoms with Gasteiger partial charge in [0.1, 0.15) is 16.5 Å². The lowest BCUT2D eigenvalue weighted by Crippen LogP contribution is -2.45. The Labute approximate surface area is 171 Å². The number of nitrogens with zero attached hydrogens (tertiary/aromatic N) is 2. The fraction of sp³-hybridized carbons (Fsp3) is 0.545. The molecule has 0 radical (unpaired) electrons. The number of piperidine rings is 1. The van der Waals surface area contributed by atoms with Crippen molar-refractivity contribution in [1.29, 1.82) is 0 Å². The van der Waals surface area contributed by atoms with E-state index in [0.29, 0.717) is 11.7 Å². The van der Waals surface area contributed by atoms with Crippen LogP contribution >= 0.6 is 11.3 Å². The van der Waals surface area contributed by atoms with Crippen molar-refractivity contribution in [3.05, 3.63) is 35.3 Å². The van der Waals surface area contributed by atoms with Crippen LogP contribution in [-0.4, -0.2) is 48.1 Å². The van der Waals surface area contributed by atoms with Gasteiger partial charge in [0.15, 0.2) is 0 Å². The van der Waals surface area contributed by atoms with Crippen molar-refractivity contribution in [1.82, 2.24) is 15.2 Å². The van der Waals surface area contributed by atoms with E-state index in [9.17, 15) is 4.79 Å². The Morgan fingerprint density at radius 3 is 2.64 bits per heavy atom. The van der Waals surface area contributed by atoms with Crippen LogP contribution in [0.3, 0.4) is 0 Å². The van der Waals surface area contributed by atoms with E-state index < -0.39 is 0 Å². The van der Waals surface area contributed by atoms with Gasteiger partial charge in [-0.1, -0.05) is 6.92 Å². The topological polar surface area (TPSA) is 54.5 Å². The summed E-state index contributed by atoms with van der Waals surface area (Å²) in [7, 11) is 0. The van der Waals surface area contributed by atoms with Gasteiger partial charge in [-0.25, -0.2) is 4.98 Å². The van der Waals surface area contributed by atoms with E-state index in [1.807, 2.05) is 34.5 Å². The van der Waals surface area contributed by atoms with Gasteiger partial charge in [-0.3, -0.25) is 4.79 Å². The maximum atomic E-state index is 12.8. The summed E-state index contributed by atoms with van der Waals surface area (Å²) in [4.78, 5) is 19.4.